The van der Waals surface area contributed by atoms with Gasteiger partial charge in [0.05, 0.1) is 7.11 Å². The van der Waals surface area contributed by atoms with Gasteiger partial charge in [-0.3, -0.25) is 0 Å². The minimum atomic E-state index is 0.925. The standard InChI is InChI=1S/C21H26N2O/c1-22(2)13-12-18-16-23(14-11-17-7-5-4-6-8-17)21-10-9-19(24-3)15-20(18)21/h4-10,15-16H,11-14H2,1-3H3. The molecule has 0 amide bonds. The molecule has 3 heteroatoms. The van der Waals surface area contributed by atoms with E-state index in [0.29, 0.717) is 0 Å². The van der Waals surface area contributed by atoms with Crippen molar-refractivity contribution in [3.05, 3.63) is 65.9 Å². The van der Waals surface area contributed by atoms with Gasteiger partial charge in [0.25, 0.3) is 0 Å². The van der Waals surface area contributed by atoms with Crippen LogP contribution in [-0.2, 0) is 19.4 Å². The monoisotopic (exact) mass is 322 g/mol. The molecular weight excluding hydrogens is 296 g/mol. The normalized spacial score (nSPS) is 11.3. The maximum absolute atomic E-state index is 5.42. The summed E-state index contributed by atoms with van der Waals surface area (Å²) in [6.07, 6.45) is 4.41. The highest BCUT2D eigenvalue weighted by atomic mass is 16.5. The van der Waals surface area contributed by atoms with E-state index < -0.39 is 0 Å². The molecule has 0 aliphatic heterocycles. The van der Waals surface area contributed by atoms with Gasteiger partial charge in [0, 0.05) is 30.2 Å². The van der Waals surface area contributed by atoms with Gasteiger partial charge >= 0.3 is 0 Å². The molecule has 0 bridgehead atoms. The molecule has 0 aliphatic carbocycles. The number of nitrogens with zero attached hydrogens (tertiary/aromatic N) is 2. The first-order chi connectivity index (χ1) is 11.7. The van der Waals surface area contributed by atoms with E-state index in [4.69, 9.17) is 4.74 Å². The number of rotatable bonds is 7. The molecule has 2 aromatic carbocycles. The van der Waals surface area contributed by atoms with Crippen LogP contribution in [0.1, 0.15) is 11.1 Å². The van der Waals surface area contributed by atoms with Crippen LogP contribution in [-0.4, -0.2) is 37.2 Å². The summed E-state index contributed by atoms with van der Waals surface area (Å²) < 4.78 is 7.80. The first-order valence-electron chi connectivity index (χ1n) is 8.52. The summed E-state index contributed by atoms with van der Waals surface area (Å²) >= 11 is 0. The number of fused-ring (bicyclic) bond motifs is 1. The number of aryl methyl sites for hydroxylation is 2. The minimum Gasteiger partial charge on any atom is -0.497 e. The lowest BCUT2D eigenvalue weighted by molar-refractivity contribution is 0.413. The number of benzene rings is 2. The van der Waals surface area contributed by atoms with Crippen LogP contribution in [0.15, 0.2) is 54.7 Å². The molecule has 0 saturated carbocycles. The van der Waals surface area contributed by atoms with Crippen LogP contribution in [0.2, 0.25) is 0 Å². The molecule has 0 unspecified atom stereocenters. The summed E-state index contributed by atoms with van der Waals surface area (Å²) in [5.41, 5.74) is 4.06. The Morgan fingerprint density at radius 3 is 2.50 bits per heavy atom. The second kappa shape index (κ2) is 7.54. The second-order valence-electron chi connectivity index (χ2n) is 6.52. The highest BCUT2D eigenvalue weighted by Gasteiger charge is 2.10. The smallest absolute Gasteiger partial charge is 0.119 e. The predicted molar refractivity (Wildman–Crippen MR) is 101 cm³/mol. The van der Waals surface area contributed by atoms with Crippen molar-refractivity contribution in [2.45, 2.75) is 19.4 Å². The number of hydrogen-bond donors (Lipinski definition) is 0. The molecule has 0 spiro atoms. The average molecular weight is 322 g/mol. The predicted octanol–water partition coefficient (Wildman–Crippen LogP) is 4.00. The van der Waals surface area contributed by atoms with Crippen molar-refractivity contribution in [1.82, 2.24) is 9.47 Å². The van der Waals surface area contributed by atoms with Crippen molar-refractivity contribution in [2.24, 2.45) is 0 Å². The summed E-state index contributed by atoms with van der Waals surface area (Å²) in [7, 11) is 5.97. The maximum Gasteiger partial charge on any atom is 0.119 e. The molecule has 3 rings (SSSR count). The maximum atomic E-state index is 5.42. The second-order valence-corrected chi connectivity index (χ2v) is 6.52. The zero-order valence-electron chi connectivity index (χ0n) is 14.8. The summed E-state index contributed by atoms with van der Waals surface area (Å²) in [4.78, 5) is 2.23. The molecule has 0 radical (unpaired) electrons. The van der Waals surface area contributed by atoms with E-state index in [-0.39, 0.29) is 0 Å². The van der Waals surface area contributed by atoms with Crippen LogP contribution in [0.4, 0.5) is 0 Å². The Balaban J connectivity index is 1.89. The van der Waals surface area contributed by atoms with Gasteiger partial charge in [0.2, 0.25) is 0 Å². The van der Waals surface area contributed by atoms with E-state index in [9.17, 15) is 0 Å². The molecule has 0 fully saturated rings. The third-order valence-corrected chi connectivity index (χ3v) is 4.48. The Morgan fingerprint density at radius 1 is 1.00 bits per heavy atom. The molecule has 0 saturated heterocycles. The van der Waals surface area contributed by atoms with Gasteiger partial charge in [-0.25, -0.2) is 0 Å². The Bertz CT molecular complexity index is 790. The molecule has 1 aromatic heterocycles. The Morgan fingerprint density at radius 2 is 1.79 bits per heavy atom. The van der Waals surface area contributed by atoms with Crippen molar-refractivity contribution >= 4 is 10.9 Å². The van der Waals surface area contributed by atoms with Crippen LogP contribution in [0, 0.1) is 0 Å². The molecule has 1 heterocycles. The van der Waals surface area contributed by atoms with Gasteiger partial charge < -0.3 is 14.2 Å². The zero-order valence-corrected chi connectivity index (χ0v) is 14.8. The van der Waals surface area contributed by atoms with Gasteiger partial charge in [0.1, 0.15) is 5.75 Å². The molecular formula is C21H26N2O. The number of likely N-dealkylation sites (N-methyl/N-ethyl adjacent to an activating group) is 1. The summed E-state index contributed by atoms with van der Waals surface area (Å²) in [6.45, 7) is 2.05. The molecule has 24 heavy (non-hydrogen) atoms. The fraction of sp³-hybridized carbons (Fsp3) is 0.333. The van der Waals surface area contributed by atoms with Gasteiger partial charge in [-0.1, -0.05) is 30.3 Å². The largest absolute Gasteiger partial charge is 0.497 e. The van der Waals surface area contributed by atoms with E-state index in [2.05, 4.69) is 78.3 Å². The highest BCUT2D eigenvalue weighted by Crippen LogP contribution is 2.27. The lowest BCUT2D eigenvalue weighted by atomic mass is 10.1. The number of aromatic nitrogens is 1. The third kappa shape index (κ3) is 3.80. The van der Waals surface area contributed by atoms with Gasteiger partial charge in [-0.15, -0.1) is 0 Å². The molecule has 0 aliphatic rings. The molecule has 0 atom stereocenters. The quantitative estimate of drug-likeness (QED) is 0.654. The third-order valence-electron chi connectivity index (χ3n) is 4.48. The number of hydrogen-bond acceptors (Lipinski definition) is 2. The lowest BCUT2D eigenvalue weighted by Gasteiger charge is -2.08. The fourth-order valence-electron chi connectivity index (χ4n) is 3.10. The van der Waals surface area contributed by atoms with Gasteiger partial charge in [-0.05, 0) is 56.3 Å². The zero-order chi connectivity index (χ0) is 16.9. The summed E-state index contributed by atoms with van der Waals surface area (Å²) in [5.74, 6) is 0.925. The van der Waals surface area contributed by atoms with Crippen molar-refractivity contribution in [3.8, 4) is 5.75 Å². The van der Waals surface area contributed by atoms with Gasteiger partial charge in [0.15, 0.2) is 0 Å². The Hall–Kier alpha value is -2.26. The molecule has 0 N–H and O–H groups in total. The van der Waals surface area contributed by atoms with Gasteiger partial charge in [-0.2, -0.15) is 0 Å². The van der Waals surface area contributed by atoms with E-state index in [1.54, 1.807) is 7.11 Å². The minimum absolute atomic E-state index is 0.925. The van der Waals surface area contributed by atoms with Crippen LogP contribution in [0.5, 0.6) is 5.75 Å². The highest BCUT2D eigenvalue weighted by molar-refractivity contribution is 5.85. The average Bonchev–Trinajstić information content (AvgIpc) is 2.96. The van der Waals surface area contributed by atoms with E-state index in [1.165, 1.54) is 22.0 Å². The fourth-order valence-corrected chi connectivity index (χ4v) is 3.10. The van der Waals surface area contributed by atoms with Crippen LogP contribution < -0.4 is 4.74 Å². The first kappa shape index (κ1) is 16.6. The van der Waals surface area contributed by atoms with Crippen LogP contribution >= 0.6 is 0 Å². The van der Waals surface area contributed by atoms with E-state index >= 15 is 0 Å². The summed E-state index contributed by atoms with van der Waals surface area (Å²) in [6, 6.07) is 17.1. The summed E-state index contributed by atoms with van der Waals surface area (Å²) in [5, 5.41) is 1.31. The van der Waals surface area contributed by atoms with E-state index in [0.717, 1.165) is 31.7 Å². The lowest BCUT2D eigenvalue weighted by Crippen LogP contribution is -2.14. The molecule has 126 valence electrons. The number of methoxy groups -OCH3 is 1. The SMILES string of the molecule is COc1ccc2c(c1)c(CCN(C)C)cn2CCc1ccccc1. The molecule has 3 aromatic rings. The van der Waals surface area contributed by atoms with Crippen LogP contribution in [0.25, 0.3) is 10.9 Å². The molecule has 3 nitrogen and oxygen atoms in total. The Labute approximate surface area is 144 Å². The van der Waals surface area contributed by atoms with Crippen molar-refractivity contribution < 1.29 is 4.74 Å². The van der Waals surface area contributed by atoms with Crippen molar-refractivity contribution in [2.75, 3.05) is 27.7 Å². The van der Waals surface area contributed by atoms with Crippen molar-refractivity contribution in [3.63, 3.8) is 0 Å². The van der Waals surface area contributed by atoms with Crippen LogP contribution in [0.3, 0.4) is 0 Å². The van der Waals surface area contributed by atoms with Crippen molar-refractivity contribution in [1.29, 1.82) is 0 Å². The Kier molecular flexibility index (Phi) is 5.21. The first-order valence-corrected chi connectivity index (χ1v) is 8.52. The van der Waals surface area contributed by atoms with E-state index in [1.807, 2.05) is 0 Å². The number of ether oxygens (including phenoxy) is 1. The topological polar surface area (TPSA) is 17.4 Å².